The van der Waals surface area contributed by atoms with E-state index in [1.807, 2.05) is 20.8 Å². The van der Waals surface area contributed by atoms with Gasteiger partial charge in [-0.2, -0.15) is 0 Å². The van der Waals surface area contributed by atoms with Crippen LogP contribution in [0.2, 0.25) is 0 Å². The van der Waals surface area contributed by atoms with E-state index in [0.717, 1.165) is 19.3 Å². The third-order valence-electron chi connectivity index (χ3n) is 3.70. The Labute approximate surface area is 121 Å². The van der Waals surface area contributed by atoms with Gasteiger partial charge in [0, 0.05) is 19.5 Å². The van der Waals surface area contributed by atoms with Gasteiger partial charge in [-0.05, 0) is 51.9 Å². The van der Waals surface area contributed by atoms with Crippen molar-refractivity contribution in [1.29, 1.82) is 0 Å². The number of hydrogen-bond donors (Lipinski definition) is 1. The summed E-state index contributed by atoms with van der Waals surface area (Å²) in [5.74, 6) is 0.168. The SMILES string of the molecule is CC1CN(C(=O)OC(C)(C)C)CCC1CCCC(=O)O. The fourth-order valence-corrected chi connectivity index (χ4v) is 2.63. The summed E-state index contributed by atoms with van der Waals surface area (Å²) in [6.45, 7) is 9.14. The molecule has 1 aliphatic rings. The monoisotopic (exact) mass is 285 g/mol. The Bertz CT molecular complexity index is 348. The molecule has 0 spiro atoms. The second-order valence-corrected chi connectivity index (χ2v) is 6.74. The number of carboxylic acid groups (broad SMARTS) is 1. The second kappa shape index (κ2) is 6.95. The lowest BCUT2D eigenvalue weighted by Crippen LogP contribution is -2.45. The Morgan fingerprint density at radius 1 is 1.35 bits per heavy atom. The predicted octanol–water partition coefficient (Wildman–Crippen LogP) is 3.13. The van der Waals surface area contributed by atoms with E-state index >= 15 is 0 Å². The smallest absolute Gasteiger partial charge is 0.410 e. The maximum Gasteiger partial charge on any atom is 0.410 e. The quantitative estimate of drug-likeness (QED) is 0.861. The highest BCUT2D eigenvalue weighted by Crippen LogP contribution is 2.28. The summed E-state index contributed by atoms with van der Waals surface area (Å²) in [5, 5.41) is 8.66. The Kier molecular flexibility index (Phi) is 5.84. The predicted molar refractivity (Wildman–Crippen MR) is 76.6 cm³/mol. The third kappa shape index (κ3) is 5.80. The van der Waals surface area contributed by atoms with E-state index < -0.39 is 11.6 Å². The van der Waals surface area contributed by atoms with Gasteiger partial charge in [0.2, 0.25) is 0 Å². The summed E-state index contributed by atoms with van der Waals surface area (Å²) in [4.78, 5) is 24.3. The van der Waals surface area contributed by atoms with Crippen LogP contribution in [0.15, 0.2) is 0 Å². The van der Waals surface area contributed by atoms with Gasteiger partial charge in [0.05, 0.1) is 0 Å². The number of carboxylic acids is 1. The summed E-state index contributed by atoms with van der Waals surface area (Å²) in [5.41, 5.74) is -0.460. The van der Waals surface area contributed by atoms with Crippen molar-refractivity contribution in [2.45, 2.75) is 59.0 Å². The number of carbonyl (C=O) groups is 2. The van der Waals surface area contributed by atoms with E-state index in [1.165, 1.54) is 0 Å². The van der Waals surface area contributed by atoms with Crippen LogP contribution in [0.4, 0.5) is 4.79 Å². The second-order valence-electron chi connectivity index (χ2n) is 6.74. The van der Waals surface area contributed by atoms with Crippen molar-refractivity contribution >= 4 is 12.1 Å². The van der Waals surface area contributed by atoms with Crippen LogP contribution in [0.3, 0.4) is 0 Å². The minimum Gasteiger partial charge on any atom is -0.481 e. The molecule has 0 aromatic rings. The van der Waals surface area contributed by atoms with Gasteiger partial charge in [-0.25, -0.2) is 4.79 Å². The third-order valence-corrected chi connectivity index (χ3v) is 3.70. The molecule has 5 heteroatoms. The van der Waals surface area contributed by atoms with Gasteiger partial charge in [-0.1, -0.05) is 6.92 Å². The van der Waals surface area contributed by atoms with Crippen LogP contribution >= 0.6 is 0 Å². The fourth-order valence-electron chi connectivity index (χ4n) is 2.63. The maximum absolute atomic E-state index is 12.0. The summed E-state index contributed by atoms with van der Waals surface area (Å²) >= 11 is 0. The van der Waals surface area contributed by atoms with E-state index in [4.69, 9.17) is 9.84 Å². The molecule has 2 unspecified atom stereocenters. The van der Waals surface area contributed by atoms with Crippen molar-refractivity contribution in [3.63, 3.8) is 0 Å². The number of likely N-dealkylation sites (tertiary alicyclic amines) is 1. The minimum atomic E-state index is -0.733. The summed E-state index contributed by atoms with van der Waals surface area (Å²) in [6.07, 6.45) is 2.57. The highest BCUT2D eigenvalue weighted by atomic mass is 16.6. The average Bonchev–Trinajstić information content (AvgIpc) is 2.28. The van der Waals surface area contributed by atoms with Gasteiger partial charge in [-0.15, -0.1) is 0 Å². The van der Waals surface area contributed by atoms with E-state index in [0.29, 0.717) is 24.9 Å². The average molecular weight is 285 g/mol. The Hall–Kier alpha value is -1.26. The number of ether oxygens (including phenoxy) is 1. The van der Waals surface area contributed by atoms with Crippen LogP contribution in [0, 0.1) is 11.8 Å². The van der Waals surface area contributed by atoms with E-state index in [1.54, 1.807) is 4.90 Å². The van der Waals surface area contributed by atoms with Crippen LogP contribution < -0.4 is 0 Å². The minimum absolute atomic E-state index is 0.235. The van der Waals surface area contributed by atoms with Crippen molar-refractivity contribution in [1.82, 2.24) is 4.90 Å². The van der Waals surface area contributed by atoms with Gasteiger partial charge < -0.3 is 14.7 Å². The zero-order valence-electron chi connectivity index (χ0n) is 13.0. The zero-order chi connectivity index (χ0) is 15.3. The summed E-state index contributed by atoms with van der Waals surface area (Å²) in [7, 11) is 0. The van der Waals surface area contributed by atoms with Gasteiger partial charge in [0.25, 0.3) is 0 Å². The molecule has 0 saturated carbocycles. The number of amides is 1. The largest absolute Gasteiger partial charge is 0.481 e. The topological polar surface area (TPSA) is 66.8 Å². The number of nitrogens with zero attached hydrogens (tertiary/aromatic N) is 1. The normalized spacial score (nSPS) is 23.5. The number of aliphatic carboxylic acids is 1. The molecular formula is C15H27NO4. The molecule has 1 fully saturated rings. The molecular weight excluding hydrogens is 258 g/mol. The molecule has 0 aromatic carbocycles. The van der Waals surface area contributed by atoms with Crippen LogP contribution in [-0.4, -0.2) is 40.8 Å². The fraction of sp³-hybridized carbons (Fsp3) is 0.867. The first-order chi connectivity index (χ1) is 9.19. The highest BCUT2D eigenvalue weighted by molar-refractivity contribution is 5.68. The standard InChI is InChI=1S/C15H27NO4/c1-11-10-16(14(19)20-15(2,3)4)9-8-12(11)6-5-7-13(17)18/h11-12H,5-10H2,1-4H3,(H,17,18). The zero-order valence-corrected chi connectivity index (χ0v) is 13.0. The van der Waals surface area contributed by atoms with Crippen molar-refractivity contribution in [3.8, 4) is 0 Å². The molecule has 1 heterocycles. The van der Waals surface area contributed by atoms with Crippen LogP contribution in [0.25, 0.3) is 0 Å². The van der Waals surface area contributed by atoms with E-state index in [2.05, 4.69) is 6.92 Å². The number of hydrogen-bond acceptors (Lipinski definition) is 3. The molecule has 1 aliphatic heterocycles. The Morgan fingerprint density at radius 2 is 2.00 bits per heavy atom. The molecule has 1 N–H and O–H groups in total. The van der Waals surface area contributed by atoms with Crippen molar-refractivity contribution in [2.75, 3.05) is 13.1 Å². The molecule has 1 amide bonds. The van der Waals surface area contributed by atoms with Crippen LogP contribution in [0.5, 0.6) is 0 Å². The first-order valence-electron chi connectivity index (χ1n) is 7.39. The van der Waals surface area contributed by atoms with Gasteiger partial charge in [0.1, 0.15) is 5.60 Å². The number of rotatable bonds is 4. The summed E-state index contributed by atoms with van der Waals surface area (Å²) in [6, 6.07) is 0. The molecule has 0 bridgehead atoms. The summed E-state index contributed by atoms with van der Waals surface area (Å²) < 4.78 is 5.38. The van der Waals surface area contributed by atoms with Crippen LogP contribution in [0.1, 0.15) is 53.4 Å². The molecule has 20 heavy (non-hydrogen) atoms. The molecule has 0 aliphatic carbocycles. The molecule has 116 valence electrons. The van der Waals surface area contributed by atoms with Crippen molar-refractivity contribution < 1.29 is 19.4 Å². The molecule has 2 atom stereocenters. The first-order valence-corrected chi connectivity index (χ1v) is 7.39. The highest BCUT2D eigenvalue weighted by Gasteiger charge is 2.30. The van der Waals surface area contributed by atoms with Crippen LogP contribution in [-0.2, 0) is 9.53 Å². The number of carbonyl (C=O) groups excluding carboxylic acids is 1. The maximum atomic E-state index is 12.0. The molecule has 1 rings (SSSR count). The Balaban J connectivity index is 2.39. The first kappa shape index (κ1) is 16.8. The van der Waals surface area contributed by atoms with Crippen molar-refractivity contribution in [3.05, 3.63) is 0 Å². The van der Waals surface area contributed by atoms with Gasteiger partial charge in [0.15, 0.2) is 0 Å². The molecule has 5 nitrogen and oxygen atoms in total. The lowest BCUT2D eigenvalue weighted by molar-refractivity contribution is -0.137. The molecule has 1 saturated heterocycles. The van der Waals surface area contributed by atoms with Gasteiger partial charge in [-0.3, -0.25) is 4.79 Å². The van der Waals surface area contributed by atoms with Crippen molar-refractivity contribution in [2.24, 2.45) is 11.8 Å². The van der Waals surface area contributed by atoms with E-state index in [-0.39, 0.29) is 12.5 Å². The Morgan fingerprint density at radius 3 is 2.50 bits per heavy atom. The van der Waals surface area contributed by atoms with E-state index in [9.17, 15) is 9.59 Å². The van der Waals surface area contributed by atoms with Gasteiger partial charge >= 0.3 is 12.1 Å². The molecule has 0 aromatic heterocycles. The lowest BCUT2D eigenvalue weighted by atomic mass is 9.83. The molecule has 0 radical (unpaired) electrons. The number of piperidine rings is 1. The lowest BCUT2D eigenvalue weighted by Gasteiger charge is -2.37.